The summed E-state index contributed by atoms with van der Waals surface area (Å²) < 4.78 is 23.4. The van der Waals surface area contributed by atoms with Gasteiger partial charge in [0.25, 0.3) is 0 Å². The molecule has 1 aliphatic heterocycles. The molecular formula is C14H22NO3PS. The molecule has 0 unspecified atom stereocenters. The van der Waals surface area contributed by atoms with Crippen LogP contribution in [0.2, 0.25) is 0 Å². The zero-order valence-corrected chi connectivity index (χ0v) is 13.8. The molecule has 0 spiro atoms. The molecule has 4 nitrogen and oxygen atoms in total. The zero-order chi connectivity index (χ0) is 14.4. The first-order chi connectivity index (χ1) is 9.67. The van der Waals surface area contributed by atoms with Gasteiger partial charge in [-0.1, -0.05) is 18.2 Å². The summed E-state index contributed by atoms with van der Waals surface area (Å²) in [5, 5.41) is 0. The number of thioether (sulfide) groups is 1. The Morgan fingerprint density at radius 2 is 1.95 bits per heavy atom. The third-order valence-corrected chi connectivity index (χ3v) is 6.20. The highest BCUT2D eigenvalue weighted by molar-refractivity contribution is 7.99. The molecular weight excluding hydrogens is 293 g/mol. The summed E-state index contributed by atoms with van der Waals surface area (Å²) in [6.07, 6.45) is 0.365. The highest BCUT2D eigenvalue weighted by Gasteiger charge is 2.28. The van der Waals surface area contributed by atoms with E-state index in [0.717, 1.165) is 18.8 Å². The van der Waals surface area contributed by atoms with Crippen LogP contribution in [0.15, 0.2) is 29.2 Å². The summed E-state index contributed by atoms with van der Waals surface area (Å²) >= 11 is 1.85. The fourth-order valence-electron chi connectivity index (χ4n) is 2.26. The van der Waals surface area contributed by atoms with Gasteiger partial charge in [0.1, 0.15) is 6.29 Å². The predicted octanol–water partition coefficient (Wildman–Crippen LogP) is 3.82. The van der Waals surface area contributed by atoms with Crippen molar-refractivity contribution in [1.82, 2.24) is 4.90 Å². The number of nitrogens with zero attached hydrogens (tertiary/aromatic N) is 1. The van der Waals surface area contributed by atoms with E-state index in [1.165, 1.54) is 10.5 Å². The molecule has 0 aliphatic carbocycles. The van der Waals surface area contributed by atoms with Crippen molar-refractivity contribution in [2.75, 3.05) is 31.8 Å². The van der Waals surface area contributed by atoms with E-state index in [2.05, 4.69) is 23.1 Å². The largest absolute Gasteiger partial charge is 0.344 e. The van der Waals surface area contributed by atoms with Crippen molar-refractivity contribution in [3.05, 3.63) is 29.8 Å². The monoisotopic (exact) mass is 315 g/mol. The van der Waals surface area contributed by atoms with E-state index in [0.29, 0.717) is 19.5 Å². The van der Waals surface area contributed by atoms with Gasteiger partial charge in [-0.15, -0.1) is 11.8 Å². The van der Waals surface area contributed by atoms with Crippen molar-refractivity contribution in [3.8, 4) is 0 Å². The molecule has 112 valence electrons. The molecule has 6 heteroatoms. The number of rotatable bonds is 6. The van der Waals surface area contributed by atoms with Crippen LogP contribution in [0.4, 0.5) is 0 Å². The van der Waals surface area contributed by atoms with Crippen molar-refractivity contribution in [2.45, 2.75) is 25.3 Å². The second kappa shape index (κ2) is 7.62. The average Bonchev–Trinajstić information content (AvgIpc) is 2.60. The van der Waals surface area contributed by atoms with E-state index in [1.54, 1.807) is 0 Å². The number of fused-ring (bicyclic) bond motifs is 1. The molecule has 2 rings (SSSR count). The lowest BCUT2D eigenvalue weighted by Crippen LogP contribution is -2.26. The summed E-state index contributed by atoms with van der Waals surface area (Å²) in [4.78, 5) is 3.49. The fourth-order valence-corrected chi connectivity index (χ4v) is 5.08. The maximum absolute atomic E-state index is 12.6. The molecule has 0 atom stereocenters. The Morgan fingerprint density at radius 3 is 2.65 bits per heavy atom. The molecule has 1 heterocycles. The third-order valence-electron chi connectivity index (χ3n) is 3.06. The highest BCUT2D eigenvalue weighted by Crippen LogP contribution is 2.49. The molecule has 0 radical (unpaired) electrons. The van der Waals surface area contributed by atoms with Crippen molar-refractivity contribution in [2.24, 2.45) is 0 Å². The van der Waals surface area contributed by atoms with Gasteiger partial charge < -0.3 is 9.05 Å². The van der Waals surface area contributed by atoms with Gasteiger partial charge in [-0.2, -0.15) is 0 Å². The van der Waals surface area contributed by atoms with Crippen LogP contribution < -0.4 is 0 Å². The van der Waals surface area contributed by atoms with Crippen molar-refractivity contribution in [3.63, 3.8) is 0 Å². The fraction of sp³-hybridized carbons (Fsp3) is 0.571. The van der Waals surface area contributed by atoms with E-state index < -0.39 is 7.60 Å². The van der Waals surface area contributed by atoms with Crippen molar-refractivity contribution < 1.29 is 13.6 Å². The van der Waals surface area contributed by atoms with Gasteiger partial charge in [0.15, 0.2) is 0 Å². The molecule has 1 aromatic carbocycles. The molecule has 1 aromatic rings. The van der Waals surface area contributed by atoms with Crippen LogP contribution in [-0.4, -0.2) is 36.7 Å². The summed E-state index contributed by atoms with van der Waals surface area (Å²) in [5.41, 5.74) is 1.29. The van der Waals surface area contributed by atoms with E-state index >= 15 is 0 Å². The van der Waals surface area contributed by atoms with Crippen LogP contribution in [0.1, 0.15) is 19.4 Å². The van der Waals surface area contributed by atoms with E-state index in [9.17, 15) is 4.57 Å². The molecule has 1 aliphatic rings. The maximum Gasteiger partial charge on any atom is 0.344 e. The van der Waals surface area contributed by atoms with Crippen LogP contribution >= 0.6 is 19.4 Å². The second-order valence-corrected chi connectivity index (χ2v) is 7.75. The summed E-state index contributed by atoms with van der Waals surface area (Å²) in [7, 11) is -3.00. The van der Waals surface area contributed by atoms with Crippen LogP contribution in [0, 0.1) is 0 Å². The first-order valence-corrected chi connectivity index (χ1v) is 9.69. The average molecular weight is 315 g/mol. The Hall–Kier alpha value is -0.320. The Balaban J connectivity index is 2.07. The summed E-state index contributed by atoms with van der Waals surface area (Å²) in [6.45, 7) is 6.21. The molecule has 0 fully saturated rings. The molecule has 0 N–H and O–H groups in total. The van der Waals surface area contributed by atoms with Gasteiger partial charge in [0, 0.05) is 23.7 Å². The number of hydrogen-bond acceptors (Lipinski definition) is 5. The predicted molar refractivity (Wildman–Crippen MR) is 83.3 cm³/mol. The SMILES string of the molecule is CCOP(=O)(CN1CCSc2ccccc2C1)OCC. The molecule has 20 heavy (non-hydrogen) atoms. The first-order valence-electron chi connectivity index (χ1n) is 6.98. The van der Waals surface area contributed by atoms with Crippen LogP contribution in [0.5, 0.6) is 0 Å². The summed E-state index contributed by atoms with van der Waals surface area (Å²) in [5.74, 6) is 0.995. The lowest BCUT2D eigenvalue weighted by atomic mass is 10.2. The molecule has 0 bridgehead atoms. The number of hydrogen-bond donors (Lipinski definition) is 0. The normalized spacial score (nSPS) is 16.7. The smallest absolute Gasteiger partial charge is 0.308 e. The van der Waals surface area contributed by atoms with Crippen molar-refractivity contribution >= 4 is 19.4 Å². The second-order valence-electron chi connectivity index (χ2n) is 4.60. The molecule has 0 amide bonds. The topological polar surface area (TPSA) is 38.8 Å². The van der Waals surface area contributed by atoms with E-state index in [1.807, 2.05) is 31.7 Å². The lowest BCUT2D eigenvalue weighted by molar-refractivity contribution is 0.196. The van der Waals surface area contributed by atoms with Crippen LogP contribution in [0.25, 0.3) is 0 Å². The Labute approximate surface area is 125 Å². The highest BCUT2D eigenvalue weighted by atomic mass is 32.2. The summed E-state index contributed by atoms with van der Waals surface area (Å²) in [6, 6.07) is 8.39. The minimum absolute atomic E-state index is 0.365. The van der Waals surface area contributed by atoms with Gasteiger partial charge in [-0.3, -0.25) is 9.46 Å². The standard InChI is InChI=1S/C14H22NO3PS/c1-3-17-19(16,18-4-2)12-15-9-10-20-14-8-6-5-7-13(14)11-15/h5-8H,3-4,9-12H2,1-2H3. The molecule has 0 saturated heterocycles. The van der Waals surface area contributed by atoms with Crippen LogP contribution in [-0.2, 0) is 20.2 Å². The minimum Gasteiger partial charge on any atom is -0.308 e. The van der Waals surface area contributed by atoms with Gasteiger partial charge in [0.05, 0.1) is 13.2 Å². The van der Waals surface area contributed by atoms with E-state index in [-0.39, 0.29) is 0 Å². The first kappa shape index (κ1) is 16.1. The Morgan fingerprint density at radius 1 is 1.25 bits per heavy atom. The van der Waals surface area contributed by atoms with Gasteiger partial charge in [-0.05, 0) is 25.5 Å². The minimum atomic E-state index is -3.00. The number of benzene rings is 1. The van der Waals surface area contributed by atoms with Crippen molar-refractivity contribution in [1.29, 1.82) is 0 Å². The zero-order valence-electron chi connectivity index (χ0n) is 12.1. The Kier molecular flexibility index (Phi) is 6.12. The van der Waals surface area contributed by atoms with Gasteiger partial charge >= 0.3 is 7.60 Å². The third kappa shape index (κ3) is 4.34. The molecule has 0 aromatic heterocycles. The van der Waals surface area contributed by atoms with Gasteiger partial charge in [0.2, 0.25) is 0 Å². The van der Waals surface area contributed by atoms with E-state index in [4.69, 9.17) is 9.05 Å². The molecule has 0 saturated carbocycles. The Bertz CT molecular complexity index is 473. The quantitative estimate of drug-likeness (QED) is 0.746. The maximum atomic E-state index is 12.6. The lowest BCUT2D eigenvalue weighted by Gasteiger charge is -2.25. The van der Waals surface area contributed by atoms with Crippen LogP contribution in [0.3, 0.4) is 0 Å². The van der Waals surface area contributed by atoms with Gasteiger partial charge in [-0.25, -0.2) is 0 Å².